The Kier molecular flexibility index (Phi) is 5.32. The first kappa shape index (κ1) is 14.2. The molecule has 0 saturated carbocycles. The molecule has 0 aliphatic carbocycles. The molecule has 18 heavy (non-hydrogen) atoms. The summed E-state index contributed by atoms with van der Waals surface area (Å²) in [5.41, 5.74) is 6.83. The predicted octanol–water partition coefficient (Wildman–Crippen LogP) is 0.708. The van der Waals surface area contributed by atoms with E-state index in [4.69, 9.17) is 5.73 Å². The number of amides is 1. The molecule has 5 nitrogen and oxygen atoms in total. The van der Waals surface area contributed by atoms with Crippen LogP contribution in [0.1, 0.15) is 18.0 Å². The Labute approximate surface area is 107 Å². The van der Waals surface area contributed by atoms with E-state index in [-0.39, 0.29) is 24.9 Å². The van der Waals surface area contributed by atoms with Crippen LogP contribution >= 0.6 is 0 Å². The monoisotopic (exact) mass is 250 g/mol. The summed E-state index contributed by atoms with van der Waals surface area (Å²) in [7, 11) is 2.84. The van der Waals surface area contributed by atoms with E-state index in [0.717, 1.165) is 5.56 Å². The molecular formula is C13H18N2O3. The van der Waals surface area contributed by atoms with Gasteiger partial charge in [0.05, 0.1) is 7.11 Å². The van der Waals surface area contributed by atoms with Crippen LogP contribution in [-0.4, -0.2) is 37.5 Å². The van der Waals surface area contributed by atoms with Crippen LogP contribution in [0.4, 0.5) is 0 Å². The van der Waals surface area contributed by atoms with Crippen molar-refractivity contribution in [2.45, 2.75) is 12.5 Å². The number of esters is 1. The third-order valence-corrected chi connectivity index (χ3v) is 2.64. The van der Waals surface area contributed by atoms with Gasteiger partial charge >= 0.3 is 5.97 Å². The van der Waals surface area contributed by atoms with E-state index in [9.17, 15) is 9.59 Å². The van der Waals surface area contributed by atoms with Gasteiger partial charge in [-0.25, -0.2) is 0 Å². The standard InChI is InChI=1S/C13H18N2O3/c1-15(9-13(17)18-2)12(16)8-11(14)10-6-4-3-5-7-10/h3-7,11H,8-9,14H2,1-2H3. The second-order valence-electron chi connectivity index (χ2n) is 4.05. The van der Waals surface area contributed by atoms with Crippen molar-refractivity contribution in [3.8, 4) is 0 Å². The largest absolute Gasteiger partial charge is 0.468 e. The second-order valence-corrected chi connectivity index (χ2v) is 4.05. The van der Waals surface area contributed by atoms with Crippen molar-refractivity contribution in [1.29, 1.82) is 0 Å². The average Bonchev–Trinajstić information content (AvgIpc) is 2.39. The predicted molar refractivity (Wildman–Crippen MR) is 67.6 cm³/mol. The summed E-state index contributed by atoms with van der Waals surface area (Å²) in [4.78, 5) is 24.2. The highest BCUT2D eigenvalue weighted by molar-refractivity contribution is 5.82. The summed E-state index contributed by atoms with van der Waals surface area (Å²) in [5, 5.41) is 0. The van der Waals surface area contributed by atoms with Crippen molar-refractivity contribution in [2.75, 3.05) is 20.7 Å². The van der Waals surface area contributed by atoms with Crippen LogP contribution in [0.3, 0.4) is 0 Å². The zero-order chi connectivity index (χ0) is 13.5. The number of ether oxygens (including phenoxy) is 1. The fraction of sp³-hybridized carbons (Fsp3) is 0.385. The van der Waals surface area contributed by atoms with E-state index in [0.29, 0.717) is 0 Å². The van der Waals surface area contributed by atoms with Gasteiger partial charge < -0.3 is 15.4 Å². The van der Waals surface area contributed by atoms with E-state index in [1.165, 1.54) is 12.0 Å². The van der Waals surface area contributed by atoms with E-state index in [2.05, 4.69) is 4.74 Å². The molecule has 0 aromatic heterocycles. The third kappa shape index (κ3) is 4.18. The van der Waals surface area contributed by atoms with Crippen LogP contribution in [0.15, 0.2) is 30.3 Å². The molecule has 0 heterocycles. The van der Waals surface area contributed by atoms with Gasteiger partial charge in [-0.15, -0.1) is 0 Å². The zero-order valence-electron chi connectivity index (χ0n) is 10.6. The Balaban J connectivity index is 2.52. The molecule has 0 bridgehead atoms. The van der Waals surface area contributed by atoms with Gasteiger partial charge in [-0.3, -0.25) is 9.59 Å². The first-order chi connectivity index (χ1) is 8.54. The lowest BCUT2D eigenvalue weighted by Gasteiger charge is -2.18. The molecular weight excluding hydrogens is 232 g/mol. The van der Waals surface area contributed by atoms with Crippen molar-refractivity contribution in [2.24, 2.45) is 5.73 Å². The van der Waals surface area contributed by atoms with Gasteiger partial charge in [0.25, 0.3) is 0 Å². The minimum atomic E-state index is -0.445. The van der Waals surface area contributed by atoms with Gasteiger partial charge in [0.2, 0.25) is 5.91 Å². The number of likely N-dealkylation sites (N-methyl/N-ethyl adjacent to an activating group) is 1. The van der Waals surface area contributed by atoms with Crippen molar-refractivity contribution < 1.29 is 14.3 Å². The van der Waals surface area contributed by atoms with E-state index < -0.39 is 5.97 Å². The minimum absolute atomic E-state index is 0.0587. The average molecular weight is 250 g/mol. The van der Waals surface area contributed by atoms with Crippen molar-refractivity contribution in [3.63, 3.8) is 0 Å². The summed E-state index contributed by atoms with van der Waals surface area (Å²) in [6.45, 7) is -0.0587. The van der Waals surface area contributed by atoms with Crippen molar-refractivity contribution >= 4 is 11.9 Å². The Bertz CT molecular complexity index is 406. The molecule has 1 aromatic rings. The quantitative estimate of drug-likeness (QED) is 0.781. The molecule has 0 saturated heterocycles. The Morgan fingerprint density at radius 2 is 1.94 bits per heavy atom. The number of hydrogen-bond acceptors (Lipinski definition) is 4. The van der Waals surface area contributed by atoms with Crippen LogP contribution in [0, 0.1) is 0 Å². The van der Waals surface area contributed by atoms with Crippen LogP contribution in [0.25, 0.3) is 0 Å². The molecule has 2 N–H and O–H groups in total. The third-order valence-electron chi connectivity index (χ3n) is 2.64. The van der Waals surface area contributed by atoms with Crippen LogP contribution in [0.2, 0.25) is 0 Å². The molecule has 1 rings (SSSR count). The maximum Gasteiger partial charge on any atom is 0.325 e. The topological polar surface area (TPSA) is 72.6 Å². The highest BCUT2D eigenvalue weighted by Crippen LogP contribution is 2.14. The number of nitrogens with two attached hydrogens (primary N) is 1. The van der Waals surface area contributed by atoms with Crippen LogP contribution in [0.5, 0.6) is 0 Å². The highest BCUT2D eigenvalue weighted by atomic mass is 16.5. The molecule has 0 fully saturated rings. The van der Waals surface area contributed by atoms with Crippen molar-refractivity contribution in [3.05, 3.63) is 35.9 Å². The normalized spacial score (nSPS) is 11.7. The molecule has 1 atom stereocenters. The van der Waals surface area contributed by atoms with Crippen molar-refractivity contribution in [1.82, 2.24) is 4.90 Å². The zero-order valence-corrected chi connectivity index (χ0v) is 10.6. The SMILES string of the molecule is COC(=O)CN(C)C(=O)CC(N)c1ccccc1. The summed E-state index contributed by atoms with van der Waals surface area (Å²) in [6.07, 6.45) is 0.164. The Hall–Kier alpha value is -1.88. The van der Waals surface area contributed by atoms with Gasteiger partial charge in [0.1, 0.15) is 6.54 Å². The molecule has 0 radical (unpaired) electrons. The Morgan fingerprint density at radius 1 is 1.33 bits per heavy atom. The van der Waals surface area contributed by atoms with Gasteiger partial charge in [0.15, 0.2) is 0 Å². The molecule has 0 aliphatic rings. The molecule has 1 amide bonds. The number of carbonyl (C=O) groups is 2. The lowest BCUT2D eigenvalue weighted by atomic mass is 10.0. The minimum Gasteiger partial charge on any atom is -0.468 e. The van der Waals surface area contributed by atoms with Gasteiger partial charge in [-0.05, 0) is 5.56 Å². The number of carbonyl (C=O) groups excluding carboxylic acids is 2. The number of methoxy groups -OCH3 is 1. The van der Waals surface area contributed by atoms with Gasteiger partial charge in [-0.2, -0.15) is 0 Å². The fourth-order valence-electron chi connectivity index (χ4n) is 1.51. The number of benzene rings is 1. The maximum absolute atomic E-state index is 11.8. The first-order valence-corrected chi connectivity index (χ1v) is 5.66. The number of nitrogens with zero attached hydrogens (tertiary/aromatic N) is 1. The summed E-state index contributed by atoms with van der Waals surface area (Å²) in [5.74, 6) is -0.629. The highest BCUT2D eigenvalue weighted by Gasteiger charge is 2.17. The molecule has 0 aliphatic heterocycles. The molecule has 1 aromatic carbocycles. The lowest BCUT2D eigenvalue weighted by Crippen LogP contribution is -2.34. The second kappa shape index (κ2) is 6.76. The molecule has 1 unspecified atom stereocenters. The maximum atomic E-state index is 11.8. The van der Waals surface area contributed by atoms with Crippen LogP contribution < -0.4 is 5.73 Å². The lowest BCUT2D eigenvalue weighted by molar-refractivity contribution is -0.146. The summed E-state index contributed by atoms with van der Waals surface area (Å²) in [6, 6.07) is 9.02. The summed E-state index contributed by atoms with van der Waals surface area (Å²) >= 11 is 0. The molecule has 98 valence electrons. The van der Waals surface area contributed by atoms with E-state index in [1.54, 1.807) is 7.05 Å². The van der Waals surface area contributed by atoms with E-state index in [1.807, 2.05) is 30.3 Å². The fourth-order valence-corrected chi connectivity index (χ4v) is 1.51. The van der Waals surface area contributed by atoms with Crippen LogP contribution in [-0.2, 0) is 14.3 Å². The first-order valence-electron chi connectivity index (χ1n) is 5.66. The smallest absolute Gasteiger partial charge is 0.325 e. The van der Waals surface area contributed by atoms with Gasteiger partial charge in [0, 0.05) is 19.5 Å². The molecule has 0 spiro atoms. The molecule has 5 heteroatoms. The van der Waals surface area contributed by atoms with Gasteiger partial charge in [-0.1, -0.05) is 30.3 Å². The Morgan fingerprint density at radius 3 is 2.50 bits per heavy atom. The number of rotatable bonds is 5. The summed E-state index contributed by atoms with van der Waals surface area (Å²) < 4.78 is 4.50. The van der Waals surface area contributed by atoms with E-state index >= 15 is 0 Å². The number of hydrogen-bond donors (Lipinski definition) is 1.